The number of alkyl halides is 5. The van der Waals surface area contributed by atoms with Crippen LogP contribution in [0.4, 0.5) is 22.0 Å². The number of amidine groups is 1. The molecule has 0 fully saturated rings. The molecular formula is C9H15F5N2O. The molecule has 8 heteroatoms. The Hall–Kier alpha value is -1.08. The van der Waals surface area contributed by atoms with Crippen LogP contribution in [0.15, 0.2) is 5.16 Å². The highest BCUT2D eigenvalue weighted by molar-refractivity contribution is 5.79. The maximum Gasteiger partial charge on any atom is 0.394 e. The number of halogens is 5. The van der Waals surface area contributed by atoms with Crippen molar-refractivity contribution in [3.63, 3.8) is 0 Å². The van der Waals surface area contributed by atoms with Gasteiger partial charge in [0.25, 0.3) is 5.92 Å². The van der Waals surface area contributed by atoms with Crippen molar-refractivity contribution < 1.29 is 27.2 Å². The first-order valence-corrected chi connectivity index (χ1v) is 5.07. The fourth-order valence-corrected chi connectivity index (χ4v) is 1.30. The van der Waals surface area contributed by atoms with Crippen LogP contribution in [0.5, 0.6) is 0 Å². The molecule has 0 radical (unpaired) electrons. The topological polar surface area (TPSA) is 58.6 Å². The summed E-state index contributed by atoms with van der Waals surface area (Å²) in [4.78, 5) is 0. The van der Waals surface area contributed by atoms with Crippen molar-refractivity contribution >= 4 is 5.84 Å². The van der Waals surface area contributed by atoms with Gasteiger partial charge in [0, 0.05) is 12.8 Å². The summed E-state index contributed by atoms with van der Waals surface area (Å²) in [7, 11) is 0. The molecule has 0 aliphatic heterocycles. The van der Waals surface area contributed by atoms with Crippen LogP contribution in [0.1, 0.15) is 38.5 Å². The Bertz CT molecular complexity index is 252. The molecule has 0 heterocycles. The van der Waals surface area contributed by atoms with E-state index < -0.39 is 24.9 Å². The van der Waals surface area contributed by atoms with Gasteiger partial charge in [-0.1, -0.05) is 11.6 Å². The lowest BCUT2D eigenvalue weighted by atomic mass is 10.1. The predicted molar refractivity (Wildman–Crippen MR) is 52.1 cm³/mol. The van der Waals surface area contributed by atoms with Crippen molar-refractivity contribution in [3.8, 4) is 0 Å². The maximum atomic E-state index is 12.8. The highest BCUT2D eigenvalue weighted by Gasteiger charge is 2.42. The monoisotopic (exact) mass is 262 g/mol. The van der Waals surface area contributed by atoms with Gasteiger partial charge >= 0.3 is 6.18 Å². The van der Waals surface area contributed by atoms with E-state index in [4.69, 9.17) is 10.9 Å². The van der Waals surface area contributed by atoms with Crippen molar-refractivity contribution in [2.75, 3.05) is 0 Å². The fourth-order valence-electron chi connectivity index (χ4n) is 1.30. The Kier molecular flexibility index (Phi) is 6.19. The summed E-state index contributed by atoms with van der Waals surface area (Å²) in [6, 6.07) is 0. The molecule has 0 rings (SSSR count). The minimum atomic E-state index is -4.85. The molecule has 0 aliphatic rings. The van der Waals surface area contributed by atoms with Gasteiger partial charge in [0.05, 0.1) is 0 Å². The van der Waals surface area contributed by atoms with Gasteiger partial charge in [-0.25, -0.2) is 8.78 Å². The molecule has 0 spiro atoms. The maximum absolute atomic E-state index is 12.8. The van der Waals surface area contributed by atoms with Gasteiger partial charge in [0.1, 0.15) is 12.3 Å². The Balaban J connectivity index is 3.73. The molecule has 3 nitrogen and oxygen atoms in total. The second-order valence-electron chi connectivity index (χ2n) is 3.80. The van der Waals surface area contributed by atoms with Gasteiger partial charge in [0.2, 0.25) is 0 Å². The molecule has 17 heavy (non-hydrogen) atoms. The average Bonchev–Trinajstić information content (AvgIpc) is 2.12. The normalized spacial score (nSPS) is 14.1. The molecule has 0 aliphatic carbocycles. The molecule has 0 atom stereocenters. The minimum Gasteiger partial charge on any atom is -0.409 e. The van der Waals surface area contributed by atoms with Crippen LogP contribution in [0, 0.1) is 0 Å². The standard InChI is InChI=1S/C9H15F5N2O/c10-8(11,6-9(12,13)14)5-3-1-2-4-7(15)16-17/h17H,1-6H2,(H2,15,16). The summed E-state index contributed by atoms with van der Waals surface area (Å²) in [6.45, 7) is 0. The van der Waals surface area contributed by atoms with Gasteiger partial charge in [-0.2, -0.15) is 13.2 Å². The van der Waals surface area contributed by atoms with E-state index in [1.54, 1.807) is 0 Å². The smallest absolute Gasteiger partial charge is 0.394 e. The molecule has 0 aromatic carbocycles. The summed E-state index contributed by atoms with van der Waals surface area (Å²) in [6.07, 6.45) is -6.81. The van der Waals surface area contributed by atoms with Gasteiger partial charge in [-0.3, -0.25) is 0 Å². The van der Waals surface area contributed by atoms with Crippen molar-refractivity contribution in [3.05, 3.63) is 0 Å². The fraction of sp³-hybridized carbons (Fsp3) is 0.889. The summed E-state index contributed by atoms with van der Waals surface area (Å²) < 4.78 is 60.7. The van der Waals surface area contributed by atoms with Crippen molar-refractivity contribution in [2.45, 2.75) is 50.6 Å². The minimum absolute atomic E-state index is 0.0212. The zero-order chi connectivity index (χ0) is 13.5. The van der Waals surface area contributed by atoms with E-state index in [-0.39, 0.29) is 18.7 Å². The van der Waals surface area contributed by atoms with Crippen LogP contribution >= 0.6 is 0 Å². The van der Waals surface area contributed by atoms with E-state index in [1.165, 1.54) is 0 Å². The molecule has 0 saturated carbocycles. The second-order valence-corrected chi connectivity index (χ2v) is 3.80. The number of unbranched alkanes of at least 4 members (excludes halogenated alkanes) is 2. The lowest BCUT2D eigenvalue weighted by Crippen LogP contribution is -2.25. The summed E-state index contributed by atoms with van der Waals surface area (Å²) in [5.74, 6) is -3.73. The zero-order valence-corrected chi connectivity index (χ0v) is 9.10. The predicted octanol–water partition coefficient (Wildman–Crippen LogP) is 3.27. The van der Waals surface area contributed by atoms with Crippen LogP contribution in [-0.2, 0) is 0 Å². The molecule has 102 valence electrons. The number of hydrogen-bond acceptors (Lipinski definition) is 2. The molecule has 0 saturated heterocycles. The number of oxime groups is 1. The third-order valence-corrected chi connectivity index (χ3v) is 2.06. The molecule has 0 unspecified atom stereocenters. The molecule has 0 aromatic heterocycles. The largest absolute Gasteiger partial charge is 0.409 e. The number of nitrogens with two attached hydrogens (primary N) is 1. The van der Waals surface area contributed by atoms with Crippen molar-refractivity contribution in [1.29, 1.82) is 0 Å². The number of hydrogen-bond donors (Lipinski definition) is 2. The van der Waals surface area contributed by atoms with E-state index in [2.05, 4.69) is 5.16 Å². The van der Waals surface area contributed by atoms with Gasteiger partial charge < -0.3 is 10.9 Å². The highest BCUT2D eigenvalue weighted by atomic mass is 19.4. The first-order chi connectivity index (χ1) is 7.66. The van der Waals surface area contributed by atoms with Gasteiger partial charge in [0.15, 0.2) is 0 Å². The first-order valence-electron chi connectivity index (χ1n) is 5.07. The molecular weight excluding hydrogens is 247 g/mol. The number of rotatable bonds is 7. The summed E-state index contributed by atoms with van der Waals surface area (Å²) >= 11 is 0. The summed E-state index contributed by atoms with van der Waals surface area (Å²) in [5, 5.41) is 10.8. The first kappa shape index (κ1) is 15.9. The SMILES string of the molecule is NC(CCCCCC(F)(F)CC(F)(F)F)=NO. The van der Waals surface area contributed by atoms with Crippen LogP contribution in [0.3, 0.4) is 0 Å². The molecule has 0 bridgehead atoms. The van der Waals surface area contributed by atoms with Crippen LogP contribution in [-0.4, -0.2) is 23.1 Å². The van der Waals surface area contributed by atoms with Crippen LogP contribution in [0.25, 0.3) is 0 Å². The third kappa shape index (κ3) is 9.83. The number of nitrogens with zero attached hydrogens (tertiary/aromatic N) is 1. The van der Waals surface area contributed by atoms with Crippen LogP contribution < -0.4 is 5.73 Å². The second kappa shape index (κ2) is 6.61. The summed E-state index contributed by atoms with van der Waals surface area (Å²) in [5.41, 5.74) is 5.13. The lowest BCUT2D eigenvalue weighted by Gasteiger charge is -2.17. The van der Waals surface area contributed by atoms with Crippen LogP contribution in [0.2, 0.25) is 0 Å². The molecule has 0 aromatic rings. The van der Waals surface area contributed by atoms with Crippen molar-refractivity contribution in [2.24, 2.45) is 10.9 Å². The molecule has 3 N–H and O–H groups in total. The van der Waals surface area contributed by atoms with E-state index in [0.717, 1.165) is 0 Å². The third-order valence-electron chi connectivity index (χ3n) is 2.06. The van der Waals surface area contributed by atoms with E-state index >= 15 is 0 Å². The van der Waals surface area contributed by atoms with Gasteiger partial charge in [-0.05, 0) is 12.8 Å². The van der Waals surface area contributed by atoms with Crippen molar-refractivity contribution in [1.82, 2.24) is 0 Å². The van der Waals surface area contributed by atoms with E-state index in [1.807, 2.05) is 0 Å². The zero-order valence-electron chi connectivity index (χ0n) is 9.10. The molecule has 0 amide bonds. The Labute approximate surface area is 95.5 Å². The Morgan fingerprint density at radius 3 is 2.12 bits per heavy atom. The van der Waals surface area contributed by atoms with E-state index in [9.17, 15) is 22.0 Å². The van der Waals surface area contributed by atoms with E-state index in [0.29, 0.717) is 12.8 Å². The Morgan fingerprint density at radius 1 is 1.06 bits per heavy atom. The lowest BCUT2D eigenvalue weighted by molar-refractivity contribution is -0.189. The average molecular weight is 262 g/mol. The van der Waals surface area contributed by atoms with Gasteiger partial charge in [-0.15, -0.1) is 0 Å². The Morgan fingerprint density at radius 2 is 1.65 bits per heavy atom. The quantitative estimate of drug-likeness (QED) is 0.185. The highest BCUT2D eigenvalue weighted by Crippen LogP contribution is 2.34.